The summed E-state index contributed by atoms with van der Waals surface area (Å²) < 4.78 is 0. The van der Waals surface area contributed by atoms with Gasteiger partial charge in [-0.1, -0.05) is 19.8 Å². The van der Waals surface area contributed by atoms with Crippen molar-refractivity contribution in [1.29, 1.82) is 0 Å². The number of hydrogen-bond acceptors (Lipinski definition) is 4. The summed E-state index contributed by atoms with van der Waals surface area (Å²) in [6, 6.07) is 0. The SMILES string of the molecule is CCCCC(CO)(CO)CC(O)O. The van der Waals surface area contributed by atoms with E-state index in [-0.39, 0.29) is 19.6 Å². The average molecular weight is 192 g/mol. The van der Waals surface area contributed by atoms with Gasteiger partial charge in [0.15, 0.2) is 6.29 Å². The highest BCUT2D eigenvalue weighted by molar-refractivity contribution is 4.78. The Balaban J connectivity index is 4.13. The van der Waals surface area contributed by atoms with Crippen molar-refractivity contribution in [2.24, 2.45) is 5.41 Å². The molecule has 0 radical (unpaired) electrons. The van der Waals surface area contributed by atoms with Crippen molar-refractivity contribution in [3.8, 4) is 0 Å². The highest BCUT2D eigenvalue weighted by Gasteiger charge is 2.30. The summed E-state index contributed by atoms with van der Waals surface area (Å²) in [5.74, 6) is 0. The molecule has 0 amide bonds. The summed E-state index contributed by atoms with van der Waals surface area (Å²) in [6.45, 7) is 1.59. The minimum absolute atomic E-state index is 0.0278. The Kier molecular flexibility index (Phi) is 6.24. The number of rotatable bonds is 7. The molecule has 4 nitrogen and oxygen atoms in total. The predicted molar refractivity (Wildman–Crippen MR) is 49.0 cm³/mol. The fraction of sp³-hybridized carbons (Fsp3) is 1.00. The fourth-order valence-corrected chi connectivity index (χ4v) is 1.38. The fourth-order valence-electron chi connectivity index (χ4n) is 1.38. The topological polar surface area (TPSA) is 80.9 Å². The quantitative estimate of drug-likeness (QED) is 0.423. The normalized spacial score (nSPS) is 12.5. The molecule has 0 aliphatic carbocycles. The third-order valence-electron chi connectivity index (χ3n) is 2.35. The molecule has 0 heterocycles. The Bertz CT molecular complexity index is 121. The van der Waals surface area contributed by atoms with Crippen LogP contribution in [0.15, 0.2) is 0 Å². The molecule has 0 saturated carbocycles. The molecular weight excluding hydrogens is 172 g/mol. The van der Waals surface area contributed by atoms with Gasteiger partial charge in [0.1, 0.15) is 0 Å². The van der Waals surface area contributed by atoms with Crippen molar-refractivity contribution in [2.75, 3.05) is 13.2 Å². The molecule has 0 atom stereocenters. The number of aliphatic hydroxyl groups excluding tert-OH is 3. The van der Waals surface area contributed by atoms with E-state index in [1.807, 2.05) is 6.92 Å². The number of hydrogen-bond donors (Lipinski definition) is 4. The highest BCUT2D eigenvalue weighted by atomic mass is 16.5. The zero-order valence-electron chi connectivity index (χ0n) is 8.11. The molecule has 0 spiro atoms. The third-order valence-corrected chi connectivity index (χ3v) is 2.35. The summed E-state index contributed by atoms with van der Waals surface area (Å²) in [6.07, 6.45) is 1.02. The minimum atomic E-state index is -1.46. The van der Waals surface area contributed by atoms with Crippen LogP contribution in [0.5, 0.6) is 0 Å². The van der Waals surface area contributed by atoms with E-state index < -0.39 is 11.7 Å². The van der Waals surface area contributed by atoms with Crippen LogP contribution in [0.4, 0.5) is 0 Å². The van der Waals surface area contributed by atoms with Gasteiger partial charge >= 0.3 is 0 Å². The van der Waals surface area contributed by atoms with Gasteiger partial charge in [0.25, 0.3) is 0 Å². The van der Waals surface area contributed by atoms with Gasteiger partial charge in [-0.2, -0.15) is 0 Å². The number of unbranched alkanes of at least 4 members (excludes halogenated alkanes) is 1. The van der Waals surface area contributed by atoms with Gasteiger partial charge in [0, 0.05) is 11.8 Å². The molecule has 0 aliphatic heterocycles. The van der Waals surface area contributed by atoms with Crippen molar-refractivity contribution in [1.82, 2.24) is 0 Å². The lowest BCUT2D eigenvalue weighted by atomic mass is 9.81. The van der Waals surface area contributed by atoms with Crippen LogP contribution in [0.2, 0.25) is 0 Å². The molecule has 0 aliphatic rings. The Morgan fingerprint density at radius 1 is 1.15 bits per heavy atom. The van der Waals surface area contributed by atoms with Gasteiger partial charge < -0.3 is 20.4 Å². The molecule has 0 unspecified atom stereocenters. The average Bonchev–Trinajstić information content (AvgIpc) is 2.12. The largest absolute Gasteiger partial charge is 0.396 e. The molecule has 13 heavy (non-hydrogen) atoms. The molecule has 0 rings (SSSR count). The Hall–Kier alpha value is -0.160. The van der Waals surface area contributed by atoms with Crippen LogP contribution in [0, 0.1) is 5.41 Å². The van der Waals surface area contributed by atoms with E-state index in [0.29, 0.717) is 6.42 Å². The van der Waals surface area contributed by atoms with Crippen molar-refractivity contribution in [3.05, 3.63) is 0 Å². The van der Waals surface area contributed by atoms with E-state index in [4.69, 9.17) is 20.4 Å². The van der Waals surface area contributed by atoms with Crippen LogP contribution in [-0.2, 0) is 0 Å². The van der Waals surface area contributed by atoms with Crippen LogP contribution < -0.4 is 0 Å². The van der Waals surface area contributed by atoms with Gasteiger partial charge in [-0.3, -0.25) is 0 Å². The van der Waals surface area contributed by atoms with Gasteiger partial charge in [0.2, 0.25) is 0 Å². The Morgan fingerprint density at radius 3 is 2.00 bits per heavy atom. The third kappa shape index (κ3) is 4.57. The molecule has 0 saturated heterocycles. The number of aliphatic hydroxyl groups is 4. The van der Waals surface area contributed by atoms with E-state index in [2.05, 4.69) is 0 Å². The van der Waals surface area contributed by atoms with Gasteiger partial charge in [-0.25, -0.2) is 0 Å². The monoisotopic (exact) mass is 192 g/mol. The van der Waals surface area contributed by atoms with Gasteiger partial charge in [-0.15, -0.1) is 0 Å². The summed E-state index contributed by atoms with van der Waals surface area (Å²) in [4.78, 5) is 0. The molecule has 0 bridgehead atoms. The first-order valence-corrected chi connectivity index (χ1v) is 4.68. The lowest BCUT2D eigenvalue weighted by Gasteiger charge is -2.30. The van der Waals surface area contributed by atoms with Crippen molar-refractivity contribution < 1.29 is 20.4 Å². The lowest BCUT2D eigenvalue weighted by molar-refractivity contribution is -0.0961. The van der Waals surface area contributed by atoms with E-state index in [1.165, 1.54) is 0 Å². The maximum atomic E-state index is 9.07. The Labute approximate surface area is 78.8 Å². The summed E-state index contributed by atoms with van der Waals surface area (Å²) in [7, 11) is 0. The van der Waals surface area contributed by atoms with Gasteiger partial charge in [0.05, 0.1) is 13.2 Å². The first-order valence-electron chi connectivity index (χ1n) is 4.68. The van der Waals surface area contributed by atoms with E-state index in [1.54, 1.807) is 0 Å². The van der Waals surface area contributed by atoms with Crippen molar-refractivity contribution in [3.63, 3.8) is 0 Å². The standard InChI is InChI=1S/C9H20O4/c1-2-3-4-9(6-10,7-11)5-8(12)13/h8,10-13H,2-7H2,1H3. The second-order valence-corrected chi connectivity index (χ2v) is 3.60. The highest BCUT2D eigenvalue weighted by Crippen LogP contribution is 2.28. The molecule has 80 valence electrons. The van der Waals surface area contributed by atoms with E-state index >= 15 is 0 Å². The van der Waals surface area contributed by atoms with Crippen LogP contribution in [0.25, 0.3) is 0 Å². The summed E-state index contributed by atoms with van der Waals surface area (Å²) in [5, 5.41) is 35.7. The molecule has 0 fully saturated rings. The Morgan fingerprint density at radius 2 is 1.69 bits per heavy atom. The van der Waals surface area contributed by atoms with Gasteiger partial charge in [-0.05, 0) is 6.42 Å². The zero-order valence-corrected chi connectivity index (χ0v) is 8.11. The molecule has 4 N–H and O–H groups in total. The first-order chi connectivity index (χ1) is 6.10. The minimum Gasteiger partial charge on any atom is -0.396 e. The molecule has 0 aromatic carbocycles. The van der Waals surface area contributed by atoms with Crippen molar-refractivity contribution >= 4 is 0 Å². The van der Waals surface area contributed by atoms with E-state index in [9.17, 15) is 0 Å². The van der Waals surface area contributed by atoms with E-state index in [0.717, 1.165) is 12.8 Å². The van der Waals surface area contributed by atoms with Crippen LogP contribution in [-0.4, -0.2) is 39.9 Å². The summed E-state index contributed by atoms with van der Waals surface area (Å²) in [5.41, 5.74) is -0.732. The lowest BCUT2D eigenvalue weighted by Crippen LogP contribution is -2.34. The summed E-state index contributed by atoms with van der Waals surface area (Å²) >= 11 is 0. The second kappa shape index (κ2) is 6.32. The molecule has 4 heteroatoms. The first kappa shape index (κ1) is 12.8. The smallest absolute Gasteiger partial charge is 0.152 e. The van der Waals surface area contributed by atoms with Crippen LogP contribution in [0.3, 0.4) is 0 Å². The van der Waals surface area contributed by atoms with Crippen molar-refractivity contribution in [2.45, 2.75) is 38.9 Å². The maximum Gasteiger partial charge on any atom is 0.152 e. The molecule has 0 aromatic rings. The van der Waals surface area contributed by atoms with Crippen LogP contribution >= 0.6 is 0 Å². The predicted octanol–water partition coefficient (Wildman–Crippen LogP) is -0.152. The second-order valence-electron chi connectivity index (χ2n) is 3.60. The zero-order chi connectivity index (χ0) is 10.3. The molecule has 0 aromatic heterocycles. The van der Waals surface area contributed by atoms with Crippen LogP contribution in [0.1, 0.15) is 32.6 Å². The molecular formula is C9H20O4. The maximum absolute atomic E-state index is 9.07.